The molecule has 0 aromatic heterocycles. The summed E-state index contributed by atoms with van der Waals surface area (Å²) in [6, 6.07) is 0. The molecule has 0 saturated carbocycles. The first-order valence-electron chi connectivity index (χ1n) is 2.85. The van der Waals surface area contributed by atoms with Crippen molar-refractivity contribution in [1.82, 2.24) is 4.90 Å². The van der Waals surface area contributed by atoms with Crippen LogP contribution >= 0.6 is 24.4 Å². The summed E-state index contributed by atoms with van der Waals surface area (Å²) in [4.78, 5) is 12.6. The van der Waals surface area contributed by atoms with Crippen LogP contribution in [0.15, 0.2) is 0 Å². The number of hydrogen-bond donors (Lipinski definition) is 1. The predicted octanol–water partition coefficient (Wildman–Crippen LogP) is 0.795. The second kappa shape index (κ2) is 2.84. The van der Waals surface area contributed by atoms with Gasteiger partial charge in [-0.25, -0.2) is 0 Å². The molecule has 0 aliphatic carbocycles. The third kappa shape index (κ3) is 1.35. The first-order chi connectivity index (χ1) is 4.25. The van der Waals surface area contributed by atoms with Crippen LogP contribution in [0.3, 0.4) is 0 Å². The van der Waals surface area contributed by atoms with E-state index in [1.807, 2.05) is 6.92 Å². The fourth-order valence-electron chi connectivity index (χ4n) is 0.774. The third-order valence-electron chi connectivity index (χ3n) is 1.28. The maximum atomic E-state index is 10.9. The second-order valence-electron chi connectivity index (χ2n) is 1.82. The van der Waals surface area contributed by atoms with Gasteiger partial charge in [-0.15, -0.1) is 24.4 Å². The van der Waals surface area contributed by atoms with Crippen LogP contribution < -0.4 is 0 Å². The highest BCUT2D eigenvalue weighted by Crippen LogP contribution is 2.26. The standard InChI is InChI=1S/C5H9NOS2/c1-2-6-4(7)3-9-5(6)8/h5,8H,2-3H2,1H3. The van der Waals surface area contributed by atoms with E-state index in [0.29, 0.717) is 5.75 Å². The van der Waals surface area contributed by atoms with Crippen molar-refractivity contribution in [3.05, 3.63) is 0 Å². The van der Waals surface area contributed by atoms with Crippen molar-refractivity contribution in [1.29, 1.82) is 0 Å². The zero-order valence-corrected chi connectivity index (χ0v) is 6.91. The van der Waals surface area contributed by atoms with E-state index >= 15 is 0 Å². The number of hydrogen-bond acceptors (Lipinski definition) is 3. The highest BCUT2D eigenvalue weighted by Gasteiger charge is 2.26. The van der Waals surface area contributed by atoms with Crippen molar-refractivity contribution in [3.8, 4) is 0 Å². The molecule has 1 heterocycles. The zero-order chi connectivity index (χ0) is 6.85. The zero-order valence-electron chi connectivity index (χ0n) is 5.20. The van der Waals surface area contributed by atoms with Gasteiger partial charge in [0.25, 0.3) is 0 Å². The Morgan fingerprint density at radius 3 is 2.89 bits per heavy atom. The van der Waals surface area contributed by atoms with Crippen molar-refractivity contribution in [2.75, 3.05) is 12.3 Å². The number of amides is 1. The molecule has 1 atom stereocenters. The van der Waals surface area contributed by atoms with Gasteiger partial charge < -0.3 is 4.90 Å². The first-order valence-corrected chi connectivity index (χ1v) is 4.41. The Kier molecular flexibility index (Phi) is 2.29. The molecule has 9 heavy (non-hydrogen) atoms. The Labute approximate surface area is 64.4 Å². The summed E-state index contributed by atoms with van der Waals surface area (Å²) >= 11 is 5.77. The number of thioether (sulfide) groups is 1. The summed E-state index contributed by atoms with van der Waals surface area (Å²) in [6.07, 6.45) is 0. The Hall–Kier alpha value is 0.170. The monoisotopic (exact) mass is 163 g/mol. The van der Waals surface area contributed by atoms with Crippen LogP contribution in [0.2, 0.25) is 0 Å². The fourth-order valence-corrected chi connectivity index (χ4v) is 2.19. The summed E-state index contributed by atoms with van der Waals surface area (Å²) in [5, 5.41) is 0. The molecule has 0 radical (unpaired) electrons. The van der Waals surface area contributed by atoms with Gasteiger partial charge in [0, 0.05) is 6.54 Å². The fraction of sp³-hybridized carbons (Fsp3) is 0.800. The Balaban J connectivity index is 2.55. The third-order valence-corrected chi connectivity index (χ3v) is 2.98. The smallest absolute Gasteiger partial charge is 0.234 e. The molecule has 1 unspecified atom stereocenters. The maximum Gasteiger partial charge on any atom is 0.234 e. The van der Waals surface area contributed by atoms with Crippen LogP contribution in [0.1, 0.15) is 6.92 Å². The van der Waals surface area contributed by atoms with Gasteiger partial charge in [0.2, 0.25) is 5.91 Å². The summed E-state index contributed by atoms with van der Waals surface area (Å²) in [5.74, 6) is 0.810. The van der Waals surface area contributed by atoms with Crippen LogP contribution in [0.4, 0.5) is 0 Å². The van der Waals surface area contributed by atoms with Gasteiger partial charge >= 0.3 is 0 Å². The van der Waals surface area contributed by atoms with E-state index in [0.717, 1.165) is 6.54 Å². The molecule has 4 heteroatoms. The van der Waals surface area contributed by atoms with E-state index in [9.17, 15) is 4.79 Å². The van der Waals surface area contributed by atoms with E-state index in [-0.39, 0.29) is 10.6 Å². The lowest BCUT2D eigenvalue weighted by atomic mass is 10.6. The van der Waals surface area contributed by atoms with Crippen molar-refractivity contribution in [3.63, 3.8) is 0 Å². The molecule has 1 amide bonds. The molecule has 0 aromatic rings. The largest absolute Gasteiger partial charge is 0.321 e. The van der Waals surface area contributed by atoms with Crippen molar-refractivity contribution in [2.24, 2.45) is 0 Å². The van der Waals surface area contributed by atoms with Gasteiger partial charge in [0.1, 0.15) is 4.71 Å². The van der Waals surface area contributed by atoms with E-state index in [1.165, 1.54) is 0 Å². The van der Waals surface area contributed by atoms with Crippen LogP contribution in [-0.4, -0.2) is 27.8 Å². The Bertz CT molecular complexity index is 128. The normalized spacial score (nSPS) is 27.6. The highest BCUT2D eigenvalue weighted by molar-refractivity contribution is 8.11. The number of thiol groups is 1. The molecule has 1 aliphatic rings. The molecule has 0 spiro atoms. The van der Waals surface area contributed by atoms with Crippen molar-refractivity contribution in [2.45, 2.75) is 11.6 Å². The van der Waals surface area contributed by atoms with E-state index in [2.05, 4.69) is 12.6 Å². The molecule has 1 aliphatic heterocycles. The summed E-state index contributed by atoms with van der Waals surface area (Å²) in [6.45, 7) is 2.74. The molecule has 2 nitrogen and oxygen atoms in total. The maximum absolute atomic E-state index is 10.9. The second-order valence-corrected chi connectivity index (χ2v) is 3.72. The van der Waals surface area contributed by atoms with Crippen LogP contribution in [0.5, 0.6) is 0 Å². The summed E-state index contributed by atoms with van der Waals surface area (Å²) in [7, 11) is 0. The number of rotatable bonds is 1. The lowest BCUT2D eigenvalue weighted by Gasteiger charge is -2.16. The molecule has 0 aromatic carbocycles. The molecule has 1 saturated heterocycles. The number of carbonyl (C=O) groups excluding carboxylic acids is 1. The number of nitrogens with zero attached hydrogens (tertiary/aromatic N) is 1. The molecule has 1 fully saturated rings. The Morgan fingerprint density at radius 2 is 2.67 bits per heavy atom. The van der Waals surface area contributed by atoms with Gasteiger partial charge in [0.15, 0.2) is 0 Å². The lowest BCUT2D eigenvalue weighted by molar-refractivity contribution is -0.126. The molecular weight excluding hydrogens is 154 g/mol. The molecular formula is C5H9NOS2. The van der Waals surface area contributed by atoms with E-state index in [4.69, 9.17) is 0 Å². The predicted molar refractivity (Wildman–Crippen MR) is 42.6 cm³/mol. The molecule has 0 bridgehead atoms. The topological polar surface area (TPSA) is 20.3 Å². The van der Waals surface area contributed by atoms with Gasteiger partial charge in [-0.2, -0.15) is 0 Å². The molecule has 0 N–H and O–H groups in total. The molecule has 52 valence electrons. The lowest BCUT2D eigenvalue weighted by Crippen LogP contribution is -2.29. The average molecular weight is 163 g/mol. The first kappa shape index (κ1) is 7.28. The van der Waals surface area contributed by atoms with Crippen LogP contribution in [0, 0.1) is 0 Å². The van der Waals surface area contributed by atoms with E-state index < -0.39 is 0 Å². The average Bonchev–Trinajstić information content (AvgIpc) is 2.12. The van der Waals surface area contributed by atoms with Gasteiger partial charge in [0.05, 0.1) is 5.75 Å². The van der Waals surface area contributed by atoms with Gasteiger partial charge in [-0.1, -0.05) is 0 Å². The minimum atomic E-state index is 0.0995. The van der Waals surface area contributed by atoms with Gasteiger partial charge in [-0.3, -0.25) is 4.79 Å². The highest BCUT2D eigenvalue weighted by atomic mass is 32.2. The Morgan fingerprint density at radius 1 is 2.00 bits per heavy atom. The van der Waals surface area contributed by atoms with Crippen LogP contribution in [-0.2, 0) is 4.79 Å². The molecule has 1 rings (SSSR count). The minimum Gasteiger partial charge on any atom is -0.321 e. The van der Waals surface area contributed by atoms with Crippen LogP contribution in [0.25, 0.3) is 0 Å². The number of carbonyl (C=O) groups is 1. The minimum absolute atomic E-state index is 0.0995. The SMILES string of the molecule is CCN1C(=O)CSC1S. The van der Waals surface area contributed by atoms with Crippen molar-refractivity contribution < 1.29 is 4.79 Å². The van der Waals surface area contributed by atoms with E-state index in [1.54, 1.807) is 16.7 Å². The van der Waals surface area contributed by atoms with Gasteiger partial charge in [-0.05, 0) is 6.92 Å². The quantitative estimate of drug-likeness (QED) is 0.577. The van der Waals surface area contributed by atoms with Crippen molar-refractivity contribution >= 4 is 30.3 Å². The summed E-state index contributed by atoms with van der Waals surface area (Å²) < 4.78 is 0.0995. The summed E-state index contributed by atoms with van der Waals surface area (Å²) in [5.41, 5.74) is 0.